The van der Waals surface area contributed by atoms with Gasteiger partial charge in [-0.1, -0.05) is 12.2 Å². The third kappa shape index (κ3) is 4.84. The lowest BCUT2D eigenvalue weighted by molar-refractivity contribution is 0.200. The summed E-state index contributed by atoms with van der Waals surface area (Å²) in [6.45, 7) is 3.12. The molecule has 0 atom stereocenters. The molecule has 0 amide bonds. The van der Waals surface area contributed by atoms with Crippen molar-refractivity contribution in [1.82, 2.24) is 9.21 Å². The molecule has 17 heavy (non-hydrogen) atoms. The molecule has 1 saturated heterocycles. The van der Waals surface area contributed by atoms with Gasteiger partial charge in [0.25, 0.3) is 0 Å². The molecule has 2 N–H and O–H groups in total. The van der Waals surface area contributed by atoms with E-state index in [4.69, 9.17) is 22.7 Å². The lowest BCUT2D eigenvalue weighted by atomic mass is 10.3. The van der Waals surface area contributed by atoms with E-state index >= 15 is 0 Å². The number of hydrogen-bond donors (Lipinski definition) is 1. The second-order valence-electron chi connectivity index (χ2n) is 3.95. The zero-order chi connectivity index (χ0) is 12.9. The molecule has 8 heteroatoms. The van der Waals surface area contributed by atoms with Gasteiger partial charge in [0.2, 0.25) is 10.0 Å². The van der Waals surface area contributed by atoms with E-state index in [-0.39, 0.29) is 12.4 Å². The molecule has 1 fully saturated rings. The van der Waals surface area contributed by atoms with E-state index in [0.717, 1.165) is 0 Å². The van der Waals surface area contributed by atoms with Crippen LogP contribution in [0.15, 0.2) is 0 Å². The number of methoxy groups -OCH3 is 1. The quantitative estimate of drug-likeness (QED) is 0.621. The average molecular weight is 281 g/mol. The van der Waals surface area contributed by atoms with Gasteiger partial charge in [-0.3, -0.25) is 4.90 Å². The summed E-state index contributed by atoms with van der Waals surface area (Å²) >= 11 is 4.82. The van der Waals surface area contributed by atoms with E-state index in [9.17, 15) is 8.42 Å². The number of thiocarbonyl (C=S) groups is 1. The minimum Gasteiger partial charge on any atom is -0.392 e. The normalized spacial score (nSPS) is 19.4. The van der Waals surface area contributed by atoms with E-state index in [2.05, 4.69) is 4.90 Å². The molecular formula is C9H19N3O3S2. The van der Waals surface area contributed by atoms with Gasteiger partial charge in [-0.05, 0) is 0 Å². The standard InChI is InChI=1S/C9H19N3O3S2/c1-15-6-7-17(13,14)12-4-2-11(3-5-12)8-9(10)16/h2-8H2,1H3,(H2,10,16). The largest absolute Gasteiger partial charge is 0.392 e. The Labute approximate surface area is 108 Å². The Balaban J connectivity index is 2.43. The van der Waals surface area contributed by atoms with Crippen LogP contribution in [-0.4, -0.2) is 74.8 Å². The number of ether oxygens (including phenoxy) is 1. The smallest absolute Gasteiger partial charge is 0.216 e. The van der Waals surface area contributed by atoms with E-state index < -0.39 is 10.0 Å². The van der Waals surface area contributed by atoms with Crippen LogP contribution >= 0.6 is 12.2 Å². The fourth-order valence-electron chi connectivity index (χ4n) is 1.70. The van der Waals surface area contributed by atoms with Crippen LogP contribution in [0.3, 0.4) is 0 Å². The first-order valence-electron chi connectivity index (χ1n) is 5.43. The first-order chi connectivity index (χ1) is 7.95. The molecule has 0 aromatic heterocycles. The number of rotatable bonds is 6. The van der Waals surface area contributed by atoms with Gasteiger partial charge >= 0.3 is 0 Å². The Bertz CT molecular complexity index is 350. The third-order valence-electron chi connectivity index (χ3n) is 2.65. The summed E-state index contributed by atoms with van der Waals surface area (Å²) in [5, 5.41) is 0. The van der Waals surface area contributed by atoms with Crippen LogP contribution in [0.5, 0.6) is 0 Å². The lowest BCUT2D eigenvalue weighted by Gasteiger charge is -2.33. The van der Waals surface area contributed by atoms with Gasteiger partial charge in [0.1, 0.15) is 0 Å². The SMILES string of the molecule is COCCS(=O)(=O)N1CCN(CC(N)=S)CC1. The Morgan fingerprint density at radius 1 is 1.35 bits per heavy atom. The van der Waals surface area contributed by atoms with Gasteiger partial charge < -0.3 is 10.5 Å². The van der Waals surface area contributed by atoms with E-state index in [1.54, 1.807) is 0 Å². The van der Waals surface area contributed by atoms with Crippen LogP contribution < -0.4 is 5.73 Å². The van der Waals surface area contributed by atoms with Gasteiger partial charge in [-0.25, -0.2) is 8.42 Å². The minimum absolute atomic E-state index is 0.0405. The number of hydrogen-bond acceptors (Lipinski definition) is 5. The predicted molar refractivity (Wildman–Crippen MR) is 70.5 cm³/mol. The molecule has 6 nitrogen and oxygen atoms in total. The molecule has 0 aromatic rings. The number of nitrogens with zero attached hydrogens (tertiary/aromatic N) is 2. The molecule has 100 valence electrons. The van der Waals surface area contributed by atoms with Crippen molar-refractivity contribution in [1.29, 1.82) is 0 Å². The summed E-state index contributed by atoms with van der Waals surface area (Å²) in [7, 11) is -1.68. The van der Waals surface area contributed by atoms with Crippen LogP contribution in [0, 0.1) is 0 Å². The summed E-state index contributed by atoms with van der Waals surface area (Å²) < 4.78 is 30.0. The van der Waals surface area contributed by atoms with Gasteiger partial charge in [0.15, 0.2) is 0 Å². The second kappa shape index (κ2) is 6.60. The Kier molecular flexibility index (Phi) is 5.74. The molecule has 0 spiro atoms. The maximum atomic E-state index is 11.9. The fraction of sp³-hybridized carbons (Fsp3) is 0.889. The molecule has 1 heterocycles. The fourth-order valence-corrected chi connectivity index (χ4v) is 3.24. The monoisotopic (exact) mass is 281 g/mol. The predicted octanol–water partition coefficient (Wildman–Crippen LogP) is -1.13. The Morgan fingerprint density at radius 3 is 2.41 bits per heavy atom. The Hall–Kier alpha value is -0.280. The molecule has 0 aliphatic carbocycles. The van der Waals surface area contributed by atoms with Crippen LogP contribution in [0.25, 0.3) is 0 Å². The van der Waals surface area contributed by atoms with Crippen molar-refractivity contribution < 1.29 is 13.2 Å². The van der Waals surface area contributed by atoms with Crippen molar-refractivity contribution in [3.63, 3.8) is 0 Å². The zero-order valence-electron chi connectivity index (χ0n) is 9.96. The van der Waals surface area contributed by atoms with Gasteiger partial charge in [0.05, 0.1) is 17.3 Å². The van der Waals surface area contributed by atoms with Crippen LogP contribution in [-0.2, 0) is 14.8 Å². The first kappa shape index (κ1) is 14.8. The molecule has 0 saturated carbocycles. The molecular weight excluding hydrogens is 262 g/mol. The van der Waals surface area contributed by atoms with E-state index in [1.807, 2.05) is 0 Å². The zero-order valence-corrected chi connectivity index (χ0v) is 11.6. The van der Waals surface area contributed by atoms with Crippen molar-refractivity contribution in [3.8, 4) is 0 Å². The summed E-state index contributed by atoms with van der Waals surface area (Å²) in [6.07, 6.45) is 0. The number of piperazine rings is 1. The number of nitrogens with two attached hydrogens (primary N) is 1. The van der Waals surface area contributed by atoms with Gasteiger partial charge in [0, 0.05) is 39.8 Å². The highest BCUT2D eigenvalue weighted by atomic mass is 32.2. The van der Waals surface area contributed by atoms with E-state index in [1.165, 1.54) is 11.4 Å². The van der Waals surface area contributed by atoms with E-state index in [0.29, 0.717) is 37.7 Å². The summed E-state index contributed by atoms with van der Waals surface area (Å²) in [4.78, 5) is 2.51. The second-order valence-corrected chi connectivity index (χ2v) is 6.56. The summed E-state index contributed by atoms with van der Waals surface area (Å²) in [5.74, 6) is 0.0405. The topological polar surface area (TPSA) is 75.9 Å². The molecule has 1 aliphatic rings. The van der Waals surface area contributed by atoms with Crippen molar-refractivity contribution >= 4 is 27.2 Å². The highest BCUT2D eigenvalue weighted by molar-refractivity contribution is 7.89. The van der Waals surface area contributed by atoms with Crippen molar-refractivity contribution in [2.75, 3.05) is 52.2 Å². The molecule has 0 aromatic carbocycles. The summed E-state index contributed by atoms with van der Waals surface area (Å²) in [5.41, 5.74) is 5.45. The highest BCUT2D eigenvalue weighted by Crippen LogP contribution is 2.07. The Morgan fingerprint density at radius 2 is 1.94 bits per heavy atom. The van der Waals surface area contributed by atoms with Crippen molar-refractivity contribution in [3.05, 3.63) is 0 Å². The lowest BCUT2D eigenvalue weighted by Crippen LogP contribution is -2.51. The molecule has 0 unspecified atom stereocenters. The van der Waals surface area contributed by atoms with Crippen LogP contribution in [0.2, 0.25) is 0 Å². The molecule has 1 aliphatic heterocycles. The van der Waals surface area contributed by atoms with Crippen LogP contribution in [0.4, 0.5) is 0 Å². The van der Waals surface area contributed by atoms with Crippen molar-refractivity contribution in [2.24, 2.45) is 5.73 Å². The molecule has 1 rings (SSSR count). The van der Waals surface area contributed by atoms with Gasteiger partial charge in [-0.15, -0.1) is 0 Å². The molecule has 0 bridgehead atoms. The molecule has 0 radical (unpaired) electrons. The average Bonchev–Trinajstić information content (AvgIpc) is 2.26. The number of sulfonamides is 1. The minimum atomic E-state index is -3.18. The maximum absolute atomic E-state index is 11.9. The maximum Gasteiger partial charge on any atom is 0.216 e. The van der Waals surface area contributed by atoms with Gasteiger partial charge in [-0.2, -0.15) is 4.31 Å². The van der Waals surface area contributed by atoms with Crippen LogP contribution in [0.1, 0.15) is 0 Å². The van der Waals surface area contributed by atoms with Crippen molar-refractivity contribution in [2.45, 2.75) is 0 Å². The first-order valence-corrected chi connectivity index (χ1v) is 7.45. The third-order valence-corrected chi connectivity index (χ3v) is 4.61. The summed E-state index contributed by atoms with van der Waals surface area (Å²) in [6, 6.07) is 0. The highest BCUT2D eigenvalue weighted by Gasteiger charge is 2.26.